The topological polar surface area (TPSA) is 69.2 Å². The van der Waals surface area contributed by atoms with E-state index in [0.717, 1.165) is 15.4 Å². The fourth-order valence-corrected chi connectivity index (χ4v) is 2.65. The van der Waals surface area contributed by atoms with Crippen LogP contribution in [0.1, 0.15) is 5.56 Å². The fraction of sp³-hybridized carbons (Fsp3) is 0.0769. The maximum Gasteiger partial charge on any atom is 0.269 e. The Kier molecular flexibility index (Phi) is 4.42. The van der Waals surface area contributed by atoms with Gasteiger partial charge in [-0.2, -0.15) is 0 Å². The highest BCUT2D eigenvalue weighted by atomic mass is 35.5. The lowest BCUT2D eigenvalue weighted by Gasteiger charge is -2.05. The van der Waals surface area contributed by atoms with Crippen molar-refractivity contribution in [1.82, 2.24) is 0 Å². The molecule has 0 saturated carbocycles. The normalized spacial score (nSPS) is 10.4. The third kappa shape index (κ3) is 3.47. The molecule has 6 heteroatoms. The van der Waals surface area contributed by atoms with E-state index in [0.29, 0.717) is 11.6 Å². The van der Waals surface area contributed by atoms with Crippen LogP contribution in [0.2, 0.25) is 5.02 Å². The van der Waals surface area contributed by atoms with Gasteiger partial charge in [0.15, 0.2) is 0 Å². The maximum atomic E-state index is 10.6. The fourth-order valence-electron chi connectivity index (χ4n) is 1.52. The molecule has 0 aliphatic rings. The number of hydrogen-bond donors (Lipinski definition) is 1. The molecule has 0 aliphatic heterocycles. The van der Waals surface area contributed by atoms with Crippen LogP contribution in [0, 0.1) is 10.1 Å². The van der Waals surface area contributed by atoms with Crippen LogP contribution in [0.3, 0.4) is 0 Å². The number of rotatable bonds is 4. The van der Waals surface area contributed by atoms with Crippen molar-refractivity contribution in [3.8, 4) is 0 Å². The SMILES string of the molecule is NCc1ccc(Sc2ccc([N+](=O)[O-])cc2)c(Cl)c1. The molecule has 19 heavy (non-hydrogen) atoms. The Morgan fingerprint density at radius 3 is 2.42 bits per heavy atom. The Morgan fingerprint density at radius 1 is 1.21 bits per heavy atom. The third-order valence-corrected chi connectivity index (χ3v) is 4.02. The highest BCUT2D eigenvalue weighted by Crippen LogP contribution is 2.34. The van der Waals surface area contributed by atoms with Gasteiger partial charge in [-0.3, -0.25) is 10.1 Å². The molecule has 2 rings (SSSR count). The second kappa shape index (κ2) is 6.06. The van der Waals surface area contributed by atoms with Gasteiger partial charge in [0.1, 0.15) is 0 Å². The molecule has 0 fully saturated rings. The summed E-state index contributed by atoms with van der Waals surface area (Å²) in [5.41, 5.74) is 6.59. The number of nitro benzene ring substituents is 1. The molecule has 2 aromatic carbocycles. The molecule has 2 aromatic rings. The predicted molar refractivity (Wildman–Crippen MR) is 76.6 cm³/mol. The average Bonchev–Trinajstić information content (AvgIpc) is 2.41. The summed E-state index contributed by atoms with van der Waals surface area (Å²) in [5, 5.41) is 11.2. The van der Waals surface area contributed by atoms with E-state index in [9.17, 15) is 10.1 Å². The molecule has 2 N–H and O–H groups in total. The zero-order valence-corrected chi connectivity index (χ0v) is 11.4. The minimum atomic E-state index is -0.419. The molecule has 0 atom stereocenters. The molecule has 0 bridgehead atoms. The number of nitro groups is 1. The van der Waals surface area contributed by atoms with Gasteiger partial charge < -0.3 is 5.73 Å². The summed E-state index contributed by atoms with van der Waals surface area (Å²) in [7, 11) is 0. The van der Waals surface area contributed by atoms with Gasteiger partial charge in [-0.1, -0.05) is 29.4 Å². The molecule has 0 radical (unpaired) electrons. The quantitative estimate of drug-likeness (QED) is 0.687. The molecule has 0 heterocycles. The summed E-state index contributed by atoms with van der Waals surface area (Å²) in [4.78, 5) is 11.9. The summed E-state index contributed by atoms with van der Waals surface area (Å²) in [6.45, 7) is 0.447. The second-order valence-corrected chi connectivity index (χ2v) is 5.34. The van der Waals surface area contributed by atoms with Crippen LogP contribution in [-0.2, 0) is 6.54 Å². The summed E-state index contributed by atoms with van der Waals surface area (Å²) in [6.07, 6.45) is 0. The van der Waals surface area contributed by atoms with Crippen LogP contribution in [0.15, 0.2) is 52.3 Å². The monoisotopic (exact) mass is 294 g/mol. The van der Waals surface area contributed by atoms with Crippen molar-refractivity contribution < 1.29 is 4.92 Å². The third-order valence-electron chi connectivity index (χ3n) is 2.51. The van der Waals surface area contributed by atoms with Gasteiger partial charge in [-0.15, -0.1) is 0 Å². The van der Waals surface area contributed by atoms with E-state index in [1.54, 1.807) is 12.1 Å². The Bertz CT molecular complexity index is 602. The number of benzene rings is 2. The van der Waals surface area contributed by atoms with Crippen molar-refractivity contribution in [2.75, 3.05) is 0 Å². The van der Waals surface area contributed by atoms with Crippen molar-refractivity contribution in [1.29, 1.82) is 0 Å². The first kappa shape index (κ1) is 13.9. The minimum Gasteiger partial charge on any atom is -0.326 e. The average molecular weight is 295 g/mol. The molecule has 0 unspecified atom stereocenters. The van der Waals surface area contributed by atoms with Crippen molar-refractivity contribution in [3.05, 3.63) is 63.2 Å². The lowest BCUT2D eigenvalue weighted by molar-refractivity contribution is -0.384. The van der Waals surface area contributed by atoms with Crippen LogP contribution in [0.4, 0.5) is 5.69 Å². The zero-order chi connectivity index (χ0) is 13.8. The number of halogens is 1. The summed E-state index contributed by atoms with van der Waals surface area (Å²) in [6, 6.07) is 12.0. The van der Waals surface area contributed by atoms with E-state index in [-0.39, 0.29) is 5.69 Å². The van der Waals surface area contributed by atoms with Crippen LogP contribution in [-0.4, -0.2) is 4.92 Å². The summed E-state index contributed by atoms with van der Waals surface area (Å²) < 4.78 is 0. The van der Waals surface area contributed by atoms with E-state index < -0.39 is 4.92 Å². The lowest BCUT2D eigenvalue weighted by atomic mass is 10.2. The Labute approximate surface area is 119 Å². The molecule has 0 aromatic heterocycles. The Balaban J connectivity index is 2.19. The van der Waals surface area contributed by atoms with Gasteiger partial charge in [0.2, 0.25) is 0 Å². The molecule has 0 spiro atoms. The lowest BCUT2D eigenvalue weighted by Crippen LogP contribution is -1.95. The Hall–Kier alpha value is -1.56. The van der Waals surface area contributed by atoms with E-state index in [1.807, 2.05) is 18.2 Å². The maximum absolute atomic E-state index is 10.6. The van der Waals surface area contributed by atoms with E-state index in [2.05, 4.69) is 0 Å². The minimum absolute atomic E-state index is 0.0777. The largest absolute Gasteiger partial charge is 0.326 e. The second-order valence-electron chi connectivity index (χ2n) is 3.82. The first-order valence-electron chi connectivity index (χ1n) is 5.51. The summed E-state index contributed by atoms with van der Waals surface area (Å²) in [5.74, 6) is 0. The van der Waals surface area contributed by atoms with Crippen LogP contribution in [0.25, 0.3) is 0 Å². The standard InChI is InChI=1S/C13H11ClN2O2S/c14-12-7-9(8-15)1-6-13(12)19-11-4-2-10(3-5-11)16(17)18/h1-7H,8,15H2. The van der Waals surface area contributed by atoms with Gasteiger partial charge in [0, 0.05) is 28.5 Å². The van der Waals surface area contributed by atoms with Gasteiger partial charge in [-0.05, 0) is 29.8 Å². The van der Waals surface area contributed by atoms with Crippen LogP contribution >= 0.6 is 23.4 Å². The van der Waals surface area contributed by atoms with Crippen LogP contribution in [0.5, 0.6) is 0 Å². The van der Waals surface area contributed by atoms with Gasteiger partial charge in [0.05, 0.1) is 9.95 Å². The highest BCUT2D eigenvalue weighted by Gasteiger charge is 2.07. The van der Waals surface area contributed by atoms with Gasteiger partial charge in [0.25, 0.3) is 5.69 Å². The molecule has 0 amide bonds. The van der Waals surface area contributed by atoms with Gasteiger partial charge >= 0.3 is 0 Å². The molecule has 0 saturated heterocycles. The number of nitrogens with zero attached hydrogens (tertiary/aromatic N) is 1. The predicted octanol–water partition coefficient (Wildman–Crippen LogP) is 3.86. The van der Waals surface area contributed by atoms with E-state index >= 15 is 0 Å². The summed E-state index contributed by atoms with van der Waals surface area (Å²) >= 11 is 7.61. The van der Waals surface area contributed by atoms with Crippen molar-refractivity contribution in [2.24, 2.45) is 5.73 Å². The van der Waals surface area contributed by atoms with E-state index in [1.165, 1.54) is 23.9 Å². The molecule has 4 nitrogen and oxygen atoms in total. The Morgan fingerprint density at radius 2 is 1.89 bits per heavy atom. The zero-order valence-electron chi connectivity index (χ0n) is 9.88. The molecular weight excluding hydrogens is 284 g/mol. The number of nitrogens with two attached hydrogens (primary N) is 1. The van der Waals surface area contributed by atoms with Crippen molar-refractivity contribution in [3.63, 3.8) is 0 Å². The smallest absolute Gasteiger partial charge is 0.269 e. The van der Waals surface area contributed by atoms with E-state index in [4.69, 9.17) is 17.3 Å². The van der Waals surface area contributed by atoms with Gasteiger partial charge in [-0.25, -0.2) is 0 Å². The number of non-ortho nitro benzene ring substituents is 1. The molecular formula is C13H11ClN2O2S. The highest BCUT2D eigenvalue weighted by molar-refractivity contribution is 7.99. The first-order chi connectivity index (χ1) is 9.10. The molecule has 0 aliphatic carbocycles. The van der Waals surface area contributed by atoms with Crippen molar-refractivity contribution in [2.45, 2.75) is 16.3 Å². The van der Waals surface area contributed by atoms with Crippen LogP contribution < -0.4 is 5.73 Å². The number of hydrogen-bond acceptors (Lipinski definition) is 4. The first-order valence-corrected chi connectivity index (χ1v) is 6.70. The van der Waals surface area contributed by atoms with Crippen molar-refractivity contribution >= 4 is 29.1 Å². The molecule has 98 valence electrons.